The molecule has 2 heterocycles. The molecular formula is C20H26N2O4. The van der Waals surface area contributed by atoms with E-state index in [0.29, 0.717) is 18.7 Å². The van der Waals surface area contributed by atoms with Gasteiger partial charge in [-0.3, -0.25) is 9.36 Å². The lowest BCUT2D eigenvalue weighted by atomic mass is 9.82. The summed E-state index contributed by atoms with van der Waals surface area (Å²) in [5, 5.41) is 3.08. The van der Waals surface area contributed by atoms with E-state index in [2.05, 4.69) is 5.32 Å². The van der Waals surface area contributed by atoms with Crippen LogP contribution in [0.25, 0.3) is 11.1 Å². The van der Waals surface area contributed by atoms with Crippen LogP contribution < -0.4 is 11.1 Å². The molecule has 1 aromatic carbocycles. The van der Waals surface area contributed by atoms with Crippen molar-refractivity contribution in [2.24, 2.45) is 0 Å². The molecule has 1 spiro atoms. The number of carbonyl (C=O) groups is 1. The highest BCUT2D eigenvalue weighted by Crippen LogP contribution is 2.39. The molecule has 1 N–H and O–H groups in total. The number of carbonyl (C=O) groups excluding carboxylic acids is 1. The van der Waals surface area contributed by atoms with Crippen LogP contribution in [0.15, 0.2) is 27.4 Å². The molecular weight excluding hydrogens is 332 g/mol. The van der Waals surface area contributed by atoms with Gasteiger partial charge in [-0.2, -0.15) is 0 Å². The van der Waals surface area contributed by atoms with Gasteiger partial charge in [0.2, 0.25) is 5.91 Å². The minimum atomic E-state index is -0.413. The van der Waals surface area contributed by atoms with Crippen LogP contribution >= 0.6 is 0 Å². The number of oxazole rings is 1. The van der Waals surface area contributed by atoms with Crippen molar-refractivity contribution < 1.29 is 13.9 Å². The Morgan fingerprint density at radius 3 is 2.92 bits per heavy atom. The first-order valence-electron chi connectivity index (χ1n) is 9.58. The van der Waals surface area contributed by atoms with Crippen LogP contribution in [-0.2, 0) is 16.1 Å². The number of benzene rings is 1. The molecule has 2 fully saturated rings. The summed E-state index contributed by atoms with van der Waals surface area (Å²) in [6.07, 6.45) is 7.10. The van der Waals surface area contributed by atoms with Gasteiger partial charge < -0.3 is 14.5 Å². The monoisotopic (exact) mass is 358 g/mol. The molecule has 1 saturated carbocycles. The van der Waals surface area contributed by atoms with Crippen LogP contribution in [0.2, 0.25) is 0 Å². The zero-order valence-electron chi connectivity index (χ0n) is 15.3. The molecule has 6 nitrogen and oxygen atoms in total. The van der Waals surface area contributed by atoms with E-state index in [9.17, 15) is 9.59 Å². The summed E-state index contributed by atoms with van der Waals surface area (Å²) in [5.41, 5.74) is 2.35. The second-order valence-electron chi connectivity index (χ2n) is 7.76. The highest BCUT2D eigenvalue weighted by atomic mass is 16.5. The molecule has 0 bridgehead atoms. The molecule has 0 unspecified atom stereocenters. The number of aromatic nitrogens is 1. The molecule has 6 heteroatoms. The smallest absolute Gasteiger partial charge is 0.408 e. The van der Waals surface area contributed by atoms with Crippen molar-refractivity contribution in [1.29, 1.82) is 0 Å². The summed E-state index contributed by atoms with van der Waals surface area (Å²) in [6.45, 7) is 2.88. The van der Waals surface area contributed by atoms with Crippen molar-refractivity contribution in [1.82, 2.24) is 9.88 Å². The maximum absolute atomic E-state index is 12.4. The average Bonchev–Trinajstić information content (AvgIpc) is 3.14. The van der Waals surface area contributed by atoms with E-state index in [-0.39, 0.29) is 24.0 Å². The van der Waals surface area contributed by atoms with E-state index >= 15 is 0 Å². The maximum Gasteiger partial charge on any atom is 0.419 e. The number of ether oxygens (including phenoxy) is 1. The minimum Gasteiger partial charge on any atom is -0.408 e. The van der Waals surface area contributed by atoms with E-state index < -0.39 is 5.76 Å². The molecule has 26 heavy (non-hydrogen) atoms. The Bertz CT molecular complexity index is 860. The Morgan fingerprint density at radius 2 is 2.12 bits per heavy atom. The lowest BCUT2D eigenvalue weighted by molar-refractivity contribution is -0.122. The van der Waals surface area contributed by atoms with E-state index in [4.69, 9.17) is 9.15 Å². The van der Waals surface area contributed by atoms with Gasteiger partial charge >= 0.3 is 5.76 Å². The molecule has 1 amide bonds. The Kier molecular flexibility index (Phi) is 4.61. The van der Waals surface area contributed by atoms with E-state index in [1.54, 1.807) is 6.07 Å². The fourth-order valence-electron chi connectivity index (χ4n) is 4.38. The van der Waals surface area contributed by atoms with E-state index in [1.165, 1.54) is 23.8 Å². The number of rotatable bonds is 4. The quantitative estimate of drug-likeness (QED) is 0.912. The fourth-order valence-corrected chi connectivity index (χ4v) is 4.38. The van der Waals surface area contributed by atoms with Crippen LogP contribution in [0, 0.1) is 6.92 Å². The van der Waals surface area contributed by atoms with Gasteiger partial charge in [-0.1, -0.05) is 25.3 Å². The molecule has 1 aliphatic heterocycles. The van der Waals surface area contributed by atoms with Gasteiger partial charge in [0.1, 0.15) is 0 Å². The van der Waals surface area contributed by atoms with Crippen LogP contribution in [0.3, 0.4) is 0 Å². The second-order valence-corrected chi connectivity index (χ2v) is 7.76. The van der Waals surface area contributed by atoms with E-state index in [1.807, 2.05) is 19.1 Å². The number of hydrogen-bond donors (Lipinski definition) is 1. The number of nitrogens with one attached hydrogen (secondary N) is 1. The summed E-state index contributed by atoms with van der Waals surface area (Å²) in [4.78, 5) is 24.4. The first-order valence-corrected chi connectivity index (χ1v) is 9.58. The van der Waals surface area contributed by atoms with Crippen molar-refractivity contribution in [2.45, 2.75) is 70.1 Å². The average molecular weight is 358 g/mol. The first kappa shape index (κ1) is 17.3. The van der Waals surface area contributed by atoms with Gasteiger partial charge in [0, 0.05) is 13.0 Å². The Morgan fingerprint density at radius 1 is 1.31 bits per heavy atom. The number of fused-ring (bicyclic) bond motifs is 1. The predicted molar refractivity (Wildman–Crippen MR) is 98.1 cm³/mol. The summed E-state index contributed by atoms with van der Waals surface area (Å²) < 4.78 is 12.8. The summed E-state index contributed by atoms with van der Waals surface area (Å²) in [7, 11) is 0. The fraction of sp³-hybridized carbons (Fsp3) is 0.600. The van der Waals surface area contributed by atoms with Crippen LogP contribution in [0.5, 0.6) is 0 Å². The third-order valence-corrected chi connectivity index (χ3v) is 5.72. The standard InChI is InChI=1S/C20H26N2O4/c1-14-5-6-17-16(11-14)22(19(24)26-17)10-7-18(23)21-15-12-20(25-13-15)8-3-2-4-9-20/h5-6,11,15H,2-4,7-10,12-13H2,1H3,(H,21,23)/t15-/m1/s1. The molecule has 140 valence electrons. The molecule has 0 radical (unpaired) electrons. The normalized spacial score (nSPS) is 22.1. The number of aryl methyl sites for hydroxylation is 2. The molecule has 2 aliphatic rings. The number of nitrogens with zero attached hydrogens (tertiary/aromatic N) is 1. The Labute approximate surface area is 152 Å². The number of hydrogen-bond acceptors (Lipinski definition) is 4. The van der Waals surface area contributed by atoms with Gasteiger partial charge in [-0.05, 0) is 43.9 Å². The third-order valence-electron chi connectivity index (χ3n) is 5.72. The summed E-state index contributed by atoms with van der Waals surface area (Å²) in [6, 6.07) is 5.70. The second kappa shape index (κ2) is 6.91. The van der Waals surface area contributed by atoms with Crippen LogP contribution in [0.1, 0.15) is 50.5 Å². The third kappa shape index (κ3) is 3.43. The Hall–Kier alpha value is -2.08. The zero-order valence-corrected chi connectivity index (χ0v) is 15.3. The lowest BCUT2D eigenvalue weighted by Gasteiger charge is -2.32. The van der Waals surface area contributed by atoms with Gasteiger partial charge in [0.05, 0.1) is 23.8 Å². The largest absolute Gasteiger partial charge is 0.419 e. The van der Waals surface area contributed by atoms with Crippen molar-refractivity contribution in [3.05, 3.63) is 34.3 Å². The molecule has 1 atom stereocenters. The van der Waals surface area contributed by atoms with Gasteiger partial charge in [0.15, 0.2) is 5.58 Å². The first-order chi connectivity index (χ1) is 12.5. The SMILES string of the molecule is Cc1ccc2oc(=O)n(CCC(=O)N[C@H]3COC4(CCCCC4)C3)c2c1. The van der Waals surface area contributed by atoms with Crippen molar-refractivity contribution >= 4 is 17.0 Å². The predicted octanol–water partition coefficient (Wildman–Crippen LogP) is 2.90. The molecule has 2 aromatic rings. The molecule has 1 aliphatic carbocycles. The van der Waals surface area contributed by atoms with Gasteiger partial charge in [0.25, 0.3) is 0 Å². The highest BCUT2D eigenvalue weighted by Gasteiger charge is 2.41. The minimum absolute atomic E-state index is 0.00851. The highest BCUT2D eigenvalue weighted by molar-refractivity contribution is 5.77. The maximum atomic E-state index is 12.4. The Balaban J connectivity index is 1.35. The van der Waals surface area contributed by atoms with E-state index in [0.717, 1.165) is 30.3 Å². The topological polar surface area (TPSA) is 73.5 Å². The van der Waals surface area contributed by atoms with Crippen molar-refractivity contribution in [2.75, 3.05) is 6.61 Å². The number of amides is 1. The molecule has 1 saturated heterocycles. The van der Waals surface area contributed by atoms with Crippen molar-refractivity contribution in [3.63, 3.8) is 0 Å². The van der Waals surface area contributed by atoms with Crippen molar-refractivity contribution in [3.8, 4) is 0 Å². The lowest BCUT2D eigenvalue weighted by Crippen LogP contribution is -2.38. The zero-order chi connectivity index (χ0) is 18.1. The molecule has 4 rings (SSSR count). The van der Waals surface area contributed by atoms with Crippen LogP contribution in [-0.4, -0.2) is 28.7 Å². The van der Waals surface area contributed by atoms with Gasteiger partial charge in [-0.15, -0.1) is 0 Å². The summed E-state index contributed by atoms with van der Waals surface area (Å²) in [5.74, 6) is -0.455. The molecule has 1 aromatic heterocycles. The van der Waals surface area contributed by atoms with Gasteiger partial charge in [-0.25, -0.2) is 4.79 Å². The van der Waals surface area contributed by atoms with Crippen LogP contribution in [0.4, 0.5) is 0 Å². The summed E-state index contributed by atoms with van der Waals surface area (Å²) >= 11 is 0.